The molecule has 0 bridgehead atoms. The largest absolute Gasteiger partial charge is 0.349 e. The van der Waals surface area contributed by atoms with Crippen LogP contribution in [-0.2, 0) is 14.4 Å². The molecule has 0 radical (unpaired) electrons. The van der Waals surface area contributed by atoms with Gasteiger partial charge in [-0.1, -0.05) is 37.8 Å². The van der Waals surface area contributed by atoms with Crippen molar-refractivity contribution in [2.24, 2.45) is 5.92 Å². The summed E-state index contributed by atoms with van der Waals surface area (Å²) in [5, 5.41) is 3.76. The van der Waals surface area contributed by atoms with Crippen molar-refractivity contribution < 1.29 is 14.4 Å². The van der Waals surface area contributed by atoms with Crippen LogP contribution in [0.1, 0.15) is 13.8 Å². The number of rotatable bonds is 4. The Kier molecular flexibility index (Phi) is 4.43. The summed E-state index contributed by atoms with van der Waals surface area (Å²) in [5.41, 5.74) is 0. The lowest BCUT2D eigenvalue weighted by molar-refractivity contribution is -0.139. The molecule has 88 valence electrons. The van der Waals surface area contributed by atoms with E-state index in [1.807, 2.05) is 13.8 Å². The van der Waals surface area contributed by atoms with Crippen LogP contribution in [0, 0.1) is 5.92 Å². The molecule has 1 aliphatic heterocycles. The Morgan fingerprint density at radius 3 is 2.62 bits per heavy atom. The highest BCUT2D eigenvalue weighted by molar-refractivity contribution is 8.25. The normalized spacial score (nSPS) is 19.8. The fourth-order valence-electron chi connectivity index (χ4n) is 1.03. The first-order chi connectivity index (χ1) is 7.41. The third-order valence-electron chi connectivity index (χ3n) is 1.82. The van der Waals surface area contributed by atoms with Crippen LogP contribution in [0.3, 0.4) is 0 Å². The van der Waals surface area contributed by atoms with E-state index in [-0.39, 0.29) is 10.2 Å². The Labute approximate surface area is 103 Å². The van der Waals surface area contributed by atoms with E-state index >= 15 is 0 Å². The zero-order chi connectivity index (χ0) is 12.3. The van der Waals surface area contributed by atoms with E-state index in [4.69, 9.17) is 12.2 Å². The predicted octanol–water partition coefficient (Wildman–Crippen LogP) is -0.156. The molecule has 0 aromatic carbocycles. The standard InChI is InChI=1S/C9H12N2O3S2/c1-4(2)3-10-7(13)5(12)6-8(14)11-9(15)16-6/h4,6H,3H2,1-2H3,(H,10,13)(H,11,14,15). The first-order valence-electron chi connectivity index (χ1n) is 4.75. The summed E-state index contributed by atoms with van der Waals surface area (Å²) >= 11 is 5.64. The fraction of sp³-hybridized carbons (Fsp3) is 0.556. The van der Waals surface area contributed by atoms with Crippen molar-refractivity contribution in [2.75, 3.05) is 6.54 Å². The maximum Gasteiger partial charge on any atom is 0.289 e. The summed E-state index contributed by atoms with van der Waals surface area (Å²) in [5.74, 6) is -1.74. The number of hydrogen-bond acceptors (Lipinski definition) is 5. The zero-order valence-electron chi connectivity index (χ0n) is 8.90. The minimum atomic E-state index is -1.03. The Morgan fingerprint density at radius 1 is 1.56 bits per heavy atom. The summed E-state index contributed by atoms with van der Waals surface area (Å²) in [7, 11) is 0. The number of nitrogens with one attached hydrogen (secondary N) is 2. The first-order valence-corrected chi connectivity index (χ1v) is 6.04. The van der Waals surface area contributed by atoms with E-state index in [0.717, 1.165) is 11.8 Å². The van der Waals surface area contributed by atoms with Gasteiger partial charge in [0.15, 0.2) is 5.25 Å². The smallest absolute Gasteiger partial charge is 0.289 e. The van der Waals surface area contributed by atoms with Gasteiger partial charge in [0.25, 0.3) is 5.91 Å². The average molecular weight is 260 g/mol. The van der Waals surface area contributed by atoms with Crippen molar-refractivity contribution in [2.45, 2.75) is 19.1 Å². The summed E-state index contributed by atoms with van der Waals surface area (Å²) < 4.78 is 0.236. The molecular weight excluding hydrogens is 248 g/mol. The van der Waals surface area contributed by atoms with Crippen LogP contribution in [0.5, 0.6) is 0 Å². The molecule has 1 saturated heterocycles. The van der Waals surface area contributed by atoms with Crippen molar-refractivity contribution in [3.05, 3.63) is 0 Å². The van der Waals surface area contributed by atoms with Crippen molar-refractivity contribution in [1.29, 1.82) is 0 Å². The highest BCUT2D eigenvalue weighted by atomic mass is 32.2. The van der Waals surface area contributed by atoms with Gasteiger partial charge in [-0.2, -0.15) is 0 Å². The number of thioether (sulfide) groups is 1. The fourth-order valence-corrected chi connectivity index (χ4v) is 2.17. The van der Waals surface area contributed by atoms with Crippen LogP contribution in [0.2, 0.25) is 0 Å². The minimum absolute atomic E-state index is 0.236. The number of amides is 2. The highest BCUT2D eigenvalue weighted by Gasteiger charge is 2.38. The molecule has 7 heteroatoms. The maximum absolute atomic E-state index is 11.6. The molecule has 0 aromatic rings. The number of hydrogen-bond donors (Lipinski definition) is 2. The topological polar surface area (TPSA) is 75.3 Å². The average Bonchev–Trinajstić information content (AvgIpc) is 2.53. The van der Waals surface area contributed by atoms with Crippen LogP contribution in [0.15, 0.2) is 0 Å². The van der Waals surface area contributed by atoms with Crippen molar-refractivity contribution in [3.8, 4) is 0 Å². The summed E-state index contributed by atoms with van der Waals surface area (Å²) in [6.45, 7) is 4.24. The van der Waals surface area contributed by atoms with Gasteiger partial charge in [0.1, 0.15) is 4.32 Å². The molecule has 5 nitrogen and oxygen atoms in total. The first kappa shape index (κ1) is 13.1. The zero-order valence-corrected chi connectivity index (χ0v) is 10.5. The monoisotopic (exact) mass is 260 g/mol. The van der Waals surface area contributed by atoms with Gasteiger partial charge < -0.3 is 10.6 Å². The Balaban J connectivity index is 2.54. The van der Waals surface area contributed by atoms with Gasteiger partial charge in [-0.15, -0.1) is 0 Å². The van der Waals surface area contributed by atoms with Crippen LogP contribution >= 0.6 is 24.0 Å². The third kappa shape index (κ3) is 3.28. The summed E-state index contributed by atoms with van der Waals surface area (Å²) in [6, 6.07) is 0. The van der Waals surface area contributed by atoms with E-state index in [1.54, 1.807) is 0 Å². The Morgan fingerprint density at radius 2 is 2.19 bits per heavy atom. The van der Waals surface area contributed by atoms with Gasteiger partial charge in [0.05, 0.1) is 0 Å². The van der Waals surface area contributed by atoms with Crippen molar-refractivity contribution in [3.63, 3.8) is 0 Å². The Hall–Kier alpha value is -0.950. The maximum atomic E-state index is 11.6. The number of ketones is 1. The molecule has 0 spiro atoms. The van der Waals surface area contributed by atoms with Gasteiger partial charge in [-0.3, -0.25) is 14.4 Å². The minimum Gasteiger partial charge on any atom is -0.349 e. The molecular formula is C9H12N2O3S2. The molecule has 1 rings (SSSR count). The van der Waals surface area contributed by atoms with Crippen LogP contribution in [-0.4, -0.2) is 33.7 Å². The number of thiocarbonyl (C=S) groups is 1. The molecule has 16 heavy (non-hydrogen) atoms. The Bertz CT molecular complexity index is 355. The number of carbonyl (C=O) groups excluding carboxylic acids is 3. The van der Waals surface area contributed by atoms with E-state index in [9.17, 15) is 14.4 Å². The second kappa shape index (κ2) is 5.40. The van der Waals surface area contributed by atoms with Gasteiger partial charge in [-0.05, 0) is 5.92 Å². The van der Waals surface area contributed by atoms with E-state index in [0.29, 0.717) is 6.54 Å². The van der Waals surface area contributed by atoms with Crippen LogP contribution in [0.4, 0.5) is 0 Å². The molecule has 1 unspecified atom stereocenters. The van der Waals surface area contributed by atoms with Gasteiger partial charge >= 0.3 is 0 Å². The molecule has 2 amide bonds. The van der Waals surface area contributed by atoms with E-state index in [1.165, 1.54) is 0 Å². The molecule has 2 N–H and O–H groups in total. The van der Waals surface area contributed by atoms with Crippen molar-refractivity contribution in [1.82, 2.24) is 10.6 Å². The van der Waals surface area contributed by atoms with Gasteiger partial charge in [-0.25, -0.2) is 0 Å². The second-order valence-electron chi connectivity index (χ2n) is 3.74. The van der Waals surface area contributed by atoms with Crippen molar-refractivity contribution >= 4 is 45.9 Å². The molecule has 0 aliphatic carbocycles. The van der Waals surface area contributed by atoms with Gasteiger partial charge in [0, 0.05) is 6.54 Å². The SMILES string of the molecule is CC(C)CNC(=O)C(=O)C1SC(=S)NC1=O. The number of Topliss-reactive ketones (excluding diaryl/α,β-unsaturated/α-hetero) is 1. The molecule has 1 fully saturated rings. The molecule has 1 atom stereocenters. The van der Waals surface area contributed by atoms with Gasteiger partial charge in [0.2, 0.25) is 11.7 Å². The number of carbonyl (C=O) groups is 3. The summed E-state index contributed by atoms with van der Waals surface area (Å²) in [4.78, 5) is 34.2. The van der Waals surface area contributed by atoms with E-state index in [2.05, 4.69) is 10.6 Å². The quantitative estimate of drug-likeness (QED) is 0.417. The van der Waals surface area contributed by atoms with Crippen LogP contribution < -0.4 is 10.6 Å². The second-order valence-corrected chi connectivity index (χ2v) is 5.52. The molecule has 1 aliphatic rings. The lowest BCUT2D eigenvalue weighted by Crippen LogP contribution is -2.41. The van der Waals surface area contributed by atoms with Crippen LogP contribution in [0.25, 0.3) is 0 Å². The lowest BCUT2D eigenvalue weighted by atomic mass is 10.2. The molecule has 0 saturated carbocycles. The third-order valence-corrected chi connectivity index (χ3v) is 3.19. The molecule has 1 heterocycles. The summed E-state index contributed by atoms with van der Waals surface area (Å²) in [6.07, 6.45) is 0. The lowest BCUT2D eigenvalue weighted by Gasteiger charge is -2.08. The highest BCUT2D eigenvalue weighted by Crippen LogP contribution is 2.19. The predicted molar refractivity (Wildman–Crippen MR) is 65.0 cm³/mol. The molecule has 0 aromatic heterocycles. The van der Waals surface area contributed by atoms with E-state index < -0.39 is 22.8 Å².